The van der Waals surface area contributed by atoms with Gasteiger partial charge in [-0.05, 0) is 36.8 Å². The molecule has 6 nitrogen and oxygen atoms in total. The van der Waals surface area contributed by atoms with E-state index in [-0.39, 0.29) is 10.9 Å². The second kappa shape index (κ2) is 6.99. The SMILES string of the molecule is CC(NC(=O)Nc1ccccc1Cl)c1ccc(S(N)(=O)=O)cc1. The fourth-order valence-electron chi connectivity index (χ4n) is 1.95. The van der Waals surface area contributed by atoms with Crippen LogP contribution in [0.5, 0.6) is 0 Å². The summed E-state index contributed by atoms with van der Waals surface area (Å²) in [7, 11) is -3.73. The van der Waals surface area contributed by atoms with Crippen LogP contribution in [0.25, 0.3) is 0 Å². The number of hydrogen-bond donors (Lipinski definition) is 3. The highest BCUT2D eigenvalue weighted by Crippen LogP contribution is 2.21. The molecule has 0 heterocycles. The zero-order chi connectivity index (χ0) is 17.0. The summed E-state index contributed by atoms with van der Waals surface area (Å²) in [6.45, 7) is 1.78. The van der Waals surface area contributed by atoms with Crippen molar-refractivity contribution >= 4 is 33.3 Å². The lowest BCUT2D eigenvalue weighted by Crippen LogP contribution is -2.31. The van der Waals surface area contributed by atoms with E-state index in [9.17, 15) is 13.2 Å². The number of hydrogen-bond acceptors (Lipinski definition) is 3. The zero-order valence-electron chi connectivity index (χ0n) is 12.3. The molecule has 8 heteroatoms. The van der Waals surface area contributed by atoms with Gasteiger partial charge in [0.1, 0.15) is 0 Å². The first kappa shape index (κ1) is 17.3. The summed E-state index contributed by atoms with van der Waals surface area (Å²) in [5.41, 5.74) is 1.25. The molecule has 0 aliphatic carbocycles. The smallest absolute Gasteiger partial charge is 0.319 e. The lowest BCUT2D eigenvalue weighted by atomic mass is 10.1. The third-order valence-corrected chi connectivity index (χ3v) is 4.44. The number of nitrogens with one attached hydrogen (secondary N) is 2. The highest BCUT2D eigenvalue weighted by molar-refractivity contribution is 7.89. The molecule has 0 saturated heterocycles. The Kier molecular flexibility index (Phi) is 5.25. The van der Waals surface area contributed by atoms with Crippen LogP contribution in [-0.2, 0) is 10.0 Å². The van der Waals surface area contributed by atoms with Crippen LogP contribution >= 0.6 is 11.6 Å². The van der Waals surface area contributed by atoms with E-state index in [0.29, 0.717) is 10.7 Å². The quantitative estimate of drug-likeness (QED) is 0.787. The van der Waals surface area contributed by atoms with Crippen LogP contribution in [0.15, 0.2) is 53.4 Å². The third-order valence-electron chi connectivity index (χ3n) is 3.18. The van der Waals surface area contributed by atoms with Crippen LogP contribution in [0.3, 0.4) is 0 Å². The van der Waals surface area contributed by atoms with E-state index in [1.165, 1.54) is 12.1 Å². The second-order valence-electron chi connectivity index (χ2n) is 4.91. The number of primary sulfonamides is 1. The fourth-order valence-corrected chi connectivity index (χ4v) is 2.65. The van der Waals surface area contributed by atoms with E-state index < -0.39 is 16.1 Å². The summed E-state index contributed by atoms with van der Waals surface area (Å²) >= 11 is 5.97. The maximum atomic E-state index is 12.0. The molecule has 1 unspecified atom stereocenters. The lowest BCUT2D eigenvalue weighted by Gasteiger charge is -2.16. The number of carbonyl (C=O) groups excluding carboxylic acids is 1. The molecule has 0 spiro atoms. The minimum Gasteiger partial charge on any atom is -0.331 e. The van der Waals surface area contributed by atoms with Crippen LogP contribution < -0.4 is 15.8 Å². The van der Waals surface area contributed by atoms with Gasteiger partial charge in [-0.15, -0.1) is 0 Å². The second-order valence-corrected chi connectivity index (χ2v) is 6.88. The van der Waals surface area contributed by atoms with Crippen LogP contribution in [0.1, 0.15) is 18.5 Å². The standard InChI is InChI=1S/C15H16ClN3O3S/c1-10(11-6-8-12(9-7-11)23(17,21)22)18-15(20)19-14-5-3-2-4-13(14)16/h2-10H,1H3,(H2,17,21,22)(H2,18,19,20). The molecular weight excluding hydrogens is 338 g/mol. The highest BCUT2D eigenvalue weighted by atomic mass is 35.5. The van der Waals surface area contributed by atoms with Crippen LogP contribution in [-0.4, -0.2) is 14.4 Å². The van der Waals surface area contributed by atoms with Crippen molar-refractivity contribution in [2.45, 2.75) is 17.9 Å². The number of anilines is 1. The summed E-state index contributed by atoms with van der Waals surface area (Å²) in [5, 5.41) is 10.9. The number of rotatable bonds is 4. The van der Waals surface area contributed by atoms with Crippen molar-refractivity contribution in [2.75, 3.05) is 5.32 Å². The predicted molar refractivity (Wildman–Crippen MR) is 89.8 cm³/mol. The molecule has 0 bridgehead atoms. The Morgan fingerprint density at radius 1 is 1.13 bits per heavy atom. The molecule has 2 amide bonds. The van der Waals surface area contributed by atoms with Gasteiger partial charge in [0.15, 0.2) is 0 Å². The molecular formula is C15H16ClN3O3S. The molecule has 122 valence electrons. The molecule has 0 aliphatic rings. The maximum Gasteiger partial charge on any atom is 0.319 e. The molecule has 2 rings (SSSR count). The first-order valence-corrected chi connectivity index (χ1v) is 8.64. The zero-order valence-corrected chi connectivity index (χ0v) is 13.9. The van der Waals surface area contributed by atoms with Gasteiger partial charge in [-0.25, -0.2) is 18.4 Å². The Labute approximate surface area is 139 Å². The minimum absolute atomic E-state index is 0.0222. The Hall–Kier alpha value is -2.09. The molecule has 0 radical (unpaired) electrons. The van der Waals surface area contributed by atoms with E-state index in [4.69, 9.17) is 16.7 Å². The summed E-state index contributed by atoms with van der Waals surface area (Å²) in [4.78, 5) is 12.0. The highest BCUT2D eigenvalue weighted by Gasteiger charge is 2.12. The normalized spacial score (nSPS) is 12.5. The number of sulfonamides is 1. The van der Waals surface area contributed by atoms with Crippen molar-refractivity contribution in [1.82, 2.24) is 5.32 Å². The number of urea groups is 1. The summed E-state index contributed by atoms with van der Waals surface area (Å²) < 4.78 is 22.4. The topological polar surface area (TPSA) is 101 Å². The number of carbonyl (C=O) groups is 1. The van der Waals surface area contributed by atoms with Gasteiger partial charge in [0.2, 0.25) is 10.0 Å². The van der Waals surface area contributed by atoms with E-state index in [1.54, 1.807) is 43.3 Å². The first-order valence-electron chi connectivity index (χ1n) is 6.72. The van der Waals surface area contributed by atoms with Gasteiger partial charge in [-0.3, -0.25) is 0 Å². The van der Waals surface area contributed by atoms with E-state index >= 15 is 0 Å². The third kappa shape index (κ3) is 4.69. The molecule has 0 aliphatic heterocycles. The summed E-state index contributed by atoms with van der Waals surface area (Å²) in [6.07, 6.45) is 0. The van der Waals surface area contributed by atoms with Gasteiger partial charge in [-0.1, -0.05) is 35.9 Å². The van der Waals surface area contributed by atoms with Crippen molar-refractivity contribution < 1.29 is 13.2 Å². The van der Waals surface area contributed by atoms with Crippen LogP contribution in [0.2, 0.25) is 5.02 Å². The minimum atomic E-state index is -3.73. The molecule has 0 fully saturated rings. The Balaban J connectivity index is 2.02. The van der Waals surface area contributed by atoms with Crippen molar-refractivity contribution in [3.05, 3.63) is 59.1 Å². The van der Waals surface area contributed by atoms with Crippen molar-refractivity contribution in [3.63, 3.8) is 0 Å². The fraction of sp³-hybridized carbons (Fsp3) is 0.133. The van der Waals surface area contributed by atoms with Crippen LogP contribution in [0, 0.1) is 0 Å². The Morgan fingerprint density at radius 2 is 1.74 bits per heavy atom. The number of benzene rings is 2. The first-order chi connectivity index (χ1) is 10.8. The van der Waals surface area contributed by atoms with Gasteiger partial charge in [0.25, 0.3) is 0 Å². The number of nitrogens with two attached hydrogens (primary N) is 1. The van der Waals surface area contributed by atoms with Crippen LogP contribution in [0.4, 0.5) is 10.5 Å². The van der Waals surface area contributed by atoms with E-state index in [1.807, 2.05) is 0 Å². The molecule has 0 saturated carbocycles. The van der Waals surface area contributed by atoms with Gasteiger partial charge in [0, 0.05) is 0 Å². The van der Waals surface area contributed by atoms with Crippen molar-refractivity contribution in [2.24, 2.45) is 5.14 Å². The molecule has 2 aromatic carbocycles. The predicted octanol–water partition coefficient (Wildman–Crippen LogP) is 2.87. The average molecular weight is 354 g/mol. The van der Waals surface area contributed by atoms with Gasteiger partial charge >= 0.3 is 6.03 Å². The molecule has 4 N–H and O–H groups in total. The largest absolute Gasteiger partial charge is 0.331 e. The monoisotopic (exact) mass is 353 g/mol. The average Bonchev–Trinajstić information content (AvgIpc) is 2.49. The van der Waals surface area contributed by atoms with Crippen molar-refractivity contribution in [1.29, 1.82) is 0 Å². The Bertz CT molecular complexity index is 807. The number of amides is 2. The van der Waals surface area contributed by atoms with Gasteiger partial charge in [0.05, 0.1) is 21.6 Å². The summed E-state index contributed by atoms with van der Waals surface area (Å²) in [5.74, 6) is 0. The molecule has 23 heavy (non-hydrogen) atoms. The number of halogens is 1. The lowest BCUT2D eigenvalue weighted by molar-refractivity contribution is 0.249. The van der Waals surface area contributed by atoms with Gasteiger partial charge in [-0.2, -0.15) is 0 Å². The maximum absolute atomic E-state index is 12.0. The van der Waals surface area contributed by atoms with E-state index in [0.717, 1.165) is 5.56 Å². The van der Waals surface area contributed by atoms with E-state index in [2.05, 4.69) is 10.6 Å². The summed E-state index contributed by atoms with van der Waals surface area (Å²) in [6, 6.07) is 12.1. The number of para-hydroxylation sites is 1. The van der Waals surface area contributed by atoms with Gasteiger partial charge < -0.3 is 10.6 Å². The molecule has 0 aromatic heterocycles. The Morgan fingerprint density at radius 3 is 2.30 bits per heavy atom. The molecule has 1 atom stereocenters. The molecule has 2 aromatic rings. The van der Waals surface area contributed by atoms with Crippen molar-refractivity contribution in [3.8, 4) is 0 Å².